The Bertz CT molecular complexity index is 1020. The van der Waals surface area contributed by atoms with E-state index in [1.807, 2.05) is 48.6 Å². The standard InChI is InChI=1S/C24H20N2O4/c25-14-15-2-4-16(5-3-15)17-6-8-18(9-7-17)29-13-1-12-26-23(27)21-19-10-11-20(30-19)22(21)24(26)28/h2-11,19-22H,1,12-13H2/t19-,20+,21-,22+. The Morgan fingerprint density at radius 3 is 2.03 bits per heavy atom. The van der Waals surface area contributed by atoms with Gasteiger partial charge < -0.3 is 9.47 Å². The van der Waals surface area contributed by atoms with Gasteiger partial charge in [0.2, 0.25) is 11.8 Å². The van der Waals surface area contributed by atoms with Gasteiger partial charge in [0.25, 0.3) is 0 Å². The second kappa shape index (κ2) is 7.43. The van der Waals surface area contributed by atoms with Crippen LogP contribution in [0.4, 0.5) is 0 Å². The van der Waals surface area contributed by atoms with Crippen molar-refractivity contribution >= 4 is 11.8 Å². The molecule has 2 aromatic carbocycles. The highest BCUT2D eigenvalue weighted by atomic mass is 16.5. The summed E-state index contributed by atoms with van der Waals surface area (Å²) in [6, 6.07) is 17.3. The second-order valence-corrected chi connectivity index (χ2v) is 7.75. The molecule has 6 nitrogen and oxygen atoms in total. The van der Waals surface area contributed by atoms with E-state index < -0.39 is 0 Å². The molecule has 0 radical (unpaired) electrons. The molecular weight excluding hydrogens is 380 g/mol. The van der Waals surface area contributed by atoms with Gasteiger partial charge in [0, 0.05) is 6.54 Å². The summed E-state index contributed by atoms with van der Waals surface area (Å²) < 4.78 is 11.4. The summed E-state index contributed by atoms with van der Waals surface area (Å²) in [4.78, 5) is 26.6. The van der Waals surface area contributed by atoms with Crippen LogP contribution >= 0.6 is 0 Å². The lowest BCUT2D eigenvalue weighted by molar-refractivity contribution is -0.142. The quantitative estimate of drug-likeness (QED) is 0.423. The number of amides is 2. The van der Waals surface area contributed by atoms with Crippen molar-refractivity contribution in [2.24, 2.45) is 11.8 Å². The lowest BCUT2D eigenvalue weighted by atomic mass is 9.85. The molecule has 2 fully saturated rings. The molecule has 2 bridgehead atoms. The zero-order valence-corrected chi connectivity index (χ0v) is 16.2. The number of hydrogen-bond donors (Lipinski definition) is 0. The summed E-state index contributed by atoms with van der Waals surface area (Å²) in [5.41, 5.74) is 2.70. The number of nitriles is 1. The summed E-state index contributed by atoms with van der Waals surface area (Å²) in [5.74, 6) is -0.187. The molecule has 6 heteroatoms. The maximum absolute atomic E-state index is 12.6. The number of carbonyl (C=O) groups is 2. The summed E-state index contributed by atoms with van der Waals surface area (Å²) in [7, 11) is 0. The van der Waals surface area contributed by atoms with Crippen LogP contribution in [-0.2, 0) is 14.3 Å². The minimum absolute atomic E-state index is 0.117. The molecule has 4 atom stereocenters. The number of carbonyl (C=O) groups excluding carboxylic acids is 2. The molecule has 0 N–H and O–H groups in total. The van der Waals surface area contributed by atoms with E-state index in [1.165, 1.54) is 4.90 Å². The van der Waals surface area contributed by atoms with Crippen molar-refractivity contribution in [1.82, 2.24) is 4.90 Å². The van der Waals surface area contributed by atoms with Gasteiger partial charge in [-0.15, -0.1) is 0 Å². The first kappa shape index (κ1) is 18.6. The van der Waals surface area contributed by atoms with Crippen molar-refractivity contribution in [3.8, 4) is 22.9 Å². The highest BCUT2D eigenvalue weighted by molar-refractivity contribution is 6.06. The van der Waals surface area contributed by atoms with Crippen LogP contribution < -0.4 is 4.74 Å². The summed E-state index contributed by atoms with van der Waals surface area (Å²) in [6.07, 6.45) is 3.88. The Labute approximate surface area is 174 Å². The van der Waals surface area contributed by atoms with Crippen molar-refractivity contribution in [2.75, 3.05) is 13.2 Å². The molecule has 2 aromatic rings. The van der Waals surface area contributed by atoms with Crippen LogP contribution in [0.5, 0.6) is 5.75 Å². The van der Waals surface area contributed by atoms with Crippen LogP contribution in [0.25, 0.3) is 11.1 Å². The first-order chi connectivity index (χ1) is 14.7. The van der Waals surface area contributed by atoms with Gasteiger partial charge in [0.05, 0.1) is 42.3 Å². The fraction of sp³-hybridized carbons (Fsp3) is 0.292. The number of rotatable bonds is 6. The van der Waals surface area contributed by atoms with Crippen LogP contribution in [0.15, 0.2) is 60.7 Å². The van der Waals surface area contributed by atoms with E-state index >= 15 is 0 Å². The largest absolute Gasteiger partial charge is 0.494 e. The molecule has 3 heterocycles. The van der Waals surface area contributed by atoms with E-state index in [1.54, 1.807) is 12.1 Å². The number of imide groups is 1. The van der Waals surface area contributed by atoms with Gasteiger partial charge in [0.1, 0.15) is 5.75 Å². The van der Waals surface area contributed by atoms with Crippen molar-refractivity contribution in [1.29, 1.82) is 5.26 Å². The molecule has 0 aromatic heterocycles. The summed E-state index contributed by atoms with van der Waals surface area (Å²) >= 11 is 0. The van der Waals surface area contributed by atoms with E-state index in [9.17, 15) is 9.59 Å². The highest BCUT2D eigenvalue weighted by Crippen LogP contribution is 2.45. The van der Waals surface area contributed by atoms with Crippen LogP contribution in [0.2, 0.25) is 0 Å². The first-order valence-corrected chi connectivity index (χ1v) is 10.1. The van der Waals surface area contributed by atoms with Gasteiger partial charge in [-0.2, -0.15) is 5.26 Å². The number of nitrogens with zero attached hydrogens (tertiary/aromatic N) is 2. The van der Waals surface area contributed by atoms with Gasteiger partial charge in [-0.25, -0.2) is 0 Å². The Morgan fingerprint density at radius 1 is 0.900 bits per heavy atom. The Morgan fingerprint density at radius 2 is 1.47 bits per heavy atom. The van der Waals surface area contributed by atoms with Gasteiger partial charge in [0.15, 0.2) is 0 Å². The van der Waals surface area contributed by atoms with E-state index in [-0.39, 0.29) is 35.9 Å². The fourth-order valence-electron chi connectivity index (χ4n) is 4.48. The molecule has 150 valence electrons. The van der Waals surface area contributed by atoms with Gasteiger partial charge >= 0.3 is 0 Å². The number of ether oxygens (including phenoxy) is 2. The minimum Gasteiger partial charge on any atom is -0.494 e. The number of fused-ring (bicyclic) bond motifs is 5. The predicted molar refractivity (Wildman–Crippen MR) is 108 cm³/mol. The second-order valence-electron chi connectivity index (χ2n) is 7.75. The topological polar surface area (TPSA) is 79.6 Å². The van der Waals surface area contributed by atoms with Crippen LogP contribution in [0, 0.1) is 23.2 Å². The first-order valence-electron chi connectivity index (χ1n) is 10.1. The zero-order valence-electron chi connectivity index (χ0n) is 16.2. The summed E-state index contributed by atoms with van der Waals surface area (Å²) in [6.45, 7) is 0.789. The van der Waals surface area contributed by atoms with Gasteiger partial charge in [-0.05, 0) is 41.8 Å². The lowest BCUT2D eigenvalue weighted by Crippen LogP contribution is -2.35. The maximum atomic E-state index is 12.6. The fourth-order valence-corrected chi connectivity index (χ4v) is 4.48. The predicted octanol–water partition coefficient (Wildman–Crippen LogP) is 2.93. The Hall–Kier alpha value is -3.43. The normalized spacial score (nSPS) is 26.2. The van der Waals surface area contributed by atoms with Gasteiger partial charge in [-0.1, -0.05) is 36.4 Å². The average Bonchev–Trinajstić information content (AvgIpc) is 3.46. The molecule has 0 saturated carbocycles. The average molecular weight is 400 g/mol. The van der Waals surface area contributed by atoms with E-state index in [0.29, 0.717) is 25.1 Å². The van der Waals surface area contributed by atoms with Crippen molar-refractivity contribution < 1.29 is 19.1 Å². The molecule has 3 aliphatic heterocycles. The van der Waals surface area contributed by atoms with E-state index in [4.69, 9.17) is 14.7 Å². The highest BCUT2D eigenvalue weighted by Gasteiger charge is 2.60. The van der Waals surface area contributed by atoms with Crippen molar-refractivity contribution in [3.05, 3.63) is 66.2 Å². The van der Waals surface area contributed by atoms with E-state index in [2.05, 4.69) is 6.07 Å². The third-order valence-electron chi connectivity index (χ3n) is 6.00. The minimum atomic E-state index is -0.344. The number of hydrogen-bond acceptors (Lipinski definition) is 5. The third-order valence-corrected chi connectivity index (χ3v) is 6.00. The Balaban J connectivity index is 1.13. The van der Waals surface area contributed by atoms with Crippen LogP contribution in [0.1, 0.15) is 12.0 Å². The molecule has 2 saturated heterocycles. The van der Waals surface area contributed by atoms with E-state index in [0.717, 1.165) is 16.9 Å². The molecule has 30 heavy (non-hydrogen) atoms. The molecule has 5 rings (SSSR count). The SMILES string of the molecule is N#Cc1ccc(-c2ccc(OCCCN3C(=O)[C@@H]4[C@H](C3=O)[C@H]3C=C[C@@H]4O3)cc2)cc1. The Kier molecular flexibility index (Phi) is 4.61. The molecule has 2 amide bonds. The third kappa shape index (κ3) is 3.08. The lowest BCUT2D eigenvalue weighted by Gasteiger charge is -2.17. The maximum Gasteiger partial charge on any atom is 0.236 e. The monoisotopic (exact) mass is 400 g/mol. The molecule has 0 aliphatic carbocycles. The molecule has 0 unspecified atom stereocenters. The van der Waals surface area contributed by atoms with Crippen molar-refractivity contribution in [2.45, 2.75) is 18.6 Å². The molecule has 0 spiro atoms. The smallest absolute Gasteiger partial charge is 0.236 e. The van der Waals surface area contributed by atoms with Gasteiger partial charge in [-0.3, -0.25) is 14.5 Å². The van der Waals surface area contributed by atoms with Crippen LogP contribution in [-0.4, -0.2) is 42.1 Å². The molecule has 3 aliphatic rings. The summed E-state index contributed by atoms with van der Waals surface area (Å²) in [5, 5.41) is 8.89. The zero-order chi connectivity index (χ0) is 20.7. The van der Waals surface area contributed by atoms with Crippen molar-refractivity contribution in [3.63, 3.8) is 0 Å². The molecular formula is C24H20N2O4. The number of benzene rings is 2. The number of likely N-dealkylation sites (tertiary alicyclic amines) is 1. The van der Waals surface area contributed by atoms with Crippen LogP contribution in [0.3, 0.4) is 0 Å².